The van der Waals surface area contributed by atoms with Crippen LogP contribution in [0.4, 0.5) is 0 Å². The standard InChI is InChI=1S/C21H21NO8/c1-3-28-21(24)19(20(23)13-4-7-15(27-2)8-5-13)16(11-22(25)26)14-6-9-17-18(10-14)30-12-29-17/h4-10,16,19H,3,11-12H2,1-2H3/t16-,19+/m1/s1. The third-order valence-corrected chi connectivity index (χ3v) is 4.77. The minimum absolute atomic E-state index is 0.0325. The normalized spacial score (nSPS) is 13.9. The van der Waals surface area contributed by atoms with Gasteiger partial charge < -0.3 is 18.9 Å². The molecule has 158 valence electrons. The molecule has 0 aliphatic carbocycles. The largest absolute Gasteiger partial charge is 0.497 e. The number of rotatable bonds is 9. The fraction of sp³-hybridized carbons (Fsp3) is 0.333. The zero-order valence-electron chi connectivity index (χ0n) is 16.5. The smallest absolute Gasteiger partial charge is 0.317 e. The summed E-state index contributed by atoms with van der Waals surface area (Å²) < 4.78 is 20.8. The summed E-state index contributed by atoms with van der Waals surface area (Å²) >= 11 is 0. The van der Waals surface area contributed by atoms with Crippen molar-refractivity contribution >= 4 is 11.8 Å². The van der Waals surface area contributed by atoms with E-state index in [0.29, 0.717) is 22.8 Å². The zero-order valence-corrected chi connectivity index (χ0v) is 16.5. The summed E-state index contributed by atoms with van der Waals surface area (Å²) in [4.78, 5) is 36.9. The second kappa shape index (κ2) is 9.25. The van der Waals surface area contributed by atoms with E-state index in [2.05, 4.69) is 0 Å². The van der Waals surface area contributed by atoms with Gasteiger partial charge in [0.05, 0.1) is 19.6 Å². The maximum absolute atomic E-state index is 13.3. The van der Waals surface area contributed by atoms with Gasteiger partial charge in [-0.15, -0.1) is 0 Å². The molecule has 2 aromatic carbocycles. The van der Waals surface area contributed by atoms with Crippen LogP contribution < -0.4 is 14.2 Å². The van der Waals surface area contributed by atoms with Crippen LogP contribution in [0.3, 0.4) is 0 Å². The summed E-state index contributed by atoms with van der Waals surface area (Å²) in [5.41, 5.74) is 0.638. The molecule has 0 N–H and O–H groups in total. The van der Waals surface area contributed by atoms with Crippen LogP contribution in [-0.2, 0) is 9.53 Å². The molecule has 3 rings (SSSR count). The molecule has 0 unspecified atom stereocenters. The number of hydrogen-bond acceptors (Lipinski definition) is 8. The second-order valence-electron chi connectivity index (χ2n) is 6.56. The van der Waals surface area contributed by atoms with Gasteiger partial charge in [0.1, 0.15) is 11.7 Å². The van der Waals surface area contributed by atoms with Crippen LogP contribution in [0.25, 0.3) is 0 Å². The summed E-state index contributed by atoms with van der Waals surface area (Å²) in [6, 6.07) is 10.9. The minimum Gasteiger partial charge on any atom is -0.497 e. The number of carbonyl (C=O) groups is 2. The van der Waals surface area contributed by atoms with Gasteiger partial charge in [-0.2, -0.15) is 0 Å². The number of carbonyl (C=O) groups excluding carboxylic acids is 2. The van der Waals surface area contributed by atoms with E-state index in [1.54, 1.807) is 37.3 Å². The van der Waals surface area contributed by atoms with Crippen molar-refractivity contribution in [2.75, 3.05) is 27.1 Å². The van der Waals surface area contributed by atoms with E-state index in [0.717, 1.165) is 0 Å². The van der Waals surface area contributed by atoms with Gasteiger partial charge in [-0.1, -0.05) is 6.07 Å². The van der Waals surface area contributed by atoms with Crippen molar-refractivity contribution in [3.8, 4) is 17.2 Å². The Balaban J connectivity index is 2.03. The molecular weight excluding hydrogens is 394 g/mol. The number of nitrogens with zero attached hydrogens (tertiary/aromatic N) is 1. The van der Waals surface area contributed by atoms with Crippen LogP contribution in [0, 0.1) is 16.0 Å². The van der Waals surface area contributed by atoms with Gasteiger partial charge in [0.25, 0.3) is 0 Å². The van der Waals surface area contributed by atoms with Crippen molar-refractivity contribution in [2.45, 2.75) is 12.8 Å². The van der Waals surface area contributed by atoms with Gasteiger partial charge in [0, 0.05) is 10.5 Å². The van der Waals surface area contributed by atoms with Gasteiger partial charge in [-0.05, 0) is 48.9 Å². The number of methoxy groups -OCH3 is 1. The number of Topliss-reactive ketones (excluding diaryl/α,β-unsaturated/α-hetero) is 1. The topological polar surface area (TPSA) is 114 Å². The van der Waals surface area contributed by atoms with E-state index in [1.807, 2.05) is 0 Å². The molecule has 0 bridgehead atoms. The first-order chi connectivity index (χ1) is 14.4. The molecule has 2 aromatic rings. The molecular formula is C21H21NO8. The first-order valence-electron chi connectivity index (χ1n) is 9.30. The molecule has 1 heterocycles. The maximum Gasteiger partial charge on any atom is 0.317 e. The fourth-order valence-corrected chi connectivity index (χ4v) is 3.33. The summed E-state index contributed by atoms with van der Waals surface area (Å²) in [6.07, 6.45) is 0. The SMILES string of the molecule is CCOC(=O)[C@H](C(=O)c1ccc(OC)cc1)[C@H](C[N+](=O)[O-])c1ccc2c(c1)OCO2. The molecule has 9 heteroatoms. The van der Waals surface area contributed by atoms with Crippen LogP contribution in [0.2, 0.25) is 0 Å². The Bertz CT molecular complexity index is 941. The number of nitro groups is 1. The summed E-state index contributed by atoms with van der Waals surface area (Å²) in [6.45, 7) is 1.04. The van der Waals surface area contributed by atoms with E-state index in [4.69, 9.17) is 18.9 Å². The van der Waals surface area contributed by atoms with E-state index in [1.165, 1.54) is 19.2 Å². The molecule has 0 fully saturated rings. The second-order valence-corrected chi connectivity index (χ2v) is 6.56. The Morgan fingerprint density at radius 3 is 2.47 bits per heavy atom. The highest BCUT2D eigenvalue weighted by Gasteiger charge is 2.41. The zero-order chi connectivity index (χ0) is 21.7. The molecule has 1 aliphatic rings. The van der Waals surface area contributed by atoms with Crippen LogP contribution in [0.15, 0.2) is 42.5 Å². The van der Waals surface area contributed by atoms with Gasteiger partial charge >= 0.3 is 5.97 Å². The Hall–Kier alpha value is -3.62. The Morgan fingerprint density at radius 2 is 1.83 bits per heavy atom. The minimum atomic E-state index is -1.40. The lowest BCUT2D eigenvalue weighted by Gasteiger charge is -2.22. The monoisotopic (exact) mass is 415 g/mol. The predicted molar refractivity (Wildman–Crippen MR) is 105 cm³/mol. The summed E-state index contributed by atoms with van der Waals surface area (Å²) in [5, 5.41) is 11.4. The third kappa shape index (κ3) is 4.51. The molecule has 1 aliphatic heterocycles. The number of benzene rings is 2. The number of fused-ring (bicyclic) bond motifs is 1. The molecule has 9 nitrogen and oxygen atoms in total. The van der Waals surface area contributed by atoms with Crippen molar-refractivity contribution in [3.63, 3.8) is 0 Å². The Morgan fingerprint density at radius 1 is 1.13 bits per heavy atom. The first kappa shape index (κ1) is 21.1. The fourth-order valence-electron chi connectivity index (χ4n) is 3.33. The lowest BCUT2D eigenvalue weighted by molar-refractivity contribution is -0.484. The van der Waals surface area contributed by atoms with Crippen LogP contribution in [0.1, 0.15) is 28.8 Å². The van der Waals surface area contributed by atoms with Crippen molar-refractivity contribution in [3.05, 3.63) is 63.7 Å². The molecule has 0 saturated carbocycles. The van der Waals surface area contributed by atoms with E-state index in [-0.39, 0.29) is 19.0 Å². The van der Waals surface area contributed by atoms with Crippen molar-refractivity contribution < 1.29 is 33.5 Å². The van der Waals surface area contributed by atoms with Crippen molar-refractivity contribution in [1.82, 2.24) is 0 Å². The number of esters is 1. The molecule has 0 aromatic heterocycles. The highest BCUT2D eigenvalue weighted by atomic mass is 16.7. The van der Waals surface area contributed by atoms with Crippen LogP contribution in [0.5, 0.6) is 17.2 Å². The number of hydrogen-bond donors (Lipinski definition) is 0. The summed E-state index contributed by atoms with van der Waals surface area (Å²) in [7, 11) is 1.49. The third-order valence-electron chi connectivity index (χ3n) is 4.77. The Labute approximate surface area is 172 Å². The van der Waals surface area contributed by atoms with E-state index in [9.17, 15) is 19.7 Å². The summed E-state index contributed by atoms with van der Waals surface area (Å²) in [5.74, 6) is -2.40. The molecule has 0 radical (unpaired) electrons. The lowest BCUT2D eigenvalue weighted by Crippen LogP contribution is -2.35. The van der Waals surface area contributed by atoms with Crippen LogP contribution in [-0.4, -0.2) is 43.7 Å². The van der Waals surface area contributed by atoms with Gasteiger partial charge in [-0.3, -0.25) is 19.7 Å². The predicted octanol–water partition coefficient (Wildman–Crippen LogP) is 2.85. The molecule has 0 amide bonds. The average molecular weight is 415 g/mol. The van der Waals surface area contributed by atoms with Gasteiger partial charge in [0.15, 0.2) is 17.3 Å². The first-order valence-corrected chi connectivity index (χ1v) is 9.30. The van der Waals surface area contributed by atoms with Crippen molar-refractivity contribution in [2.24, 2.45) is 5.92 Å². The van der Waals surface area contributed by atoms with Gasteiger partial charge in [-0.25, -0.2) is 0 Å². The maximum atomic E-state index is 13.3. The van der Waals surface area contributed by atoms with Crippen molar-refractivity contribution in [1.29, 1.82) is 0 Å². The molecule has 0 spiro atoms. The highest BCUT2D eigenvalue weighted by Crippen LogP contribution is 2.38. The Kier molecular flexibility index (Phi) is 6.51. The van der Waals surface area contributed by atoms with E-state index < -0.39 is 35.1 Å². The van der Waals surface area contributed by atoms with Crippen LogP contribution >= 0.6 is 0 Å². The van der Waals surface area contributed by atoms with E-state index >= 15 is 0 Å². The average Bonchev–Trinajstić information content (AvgIpc) is 3.21. The highest BCUT2D eigenvalue weighted by molar-refractivity contribution is 6.09. The molecule has 30 heavy (non-hydrogen) atoms. The van der Waals surface area contributed by atoms with Gasteiger partial charge in [0.2, 0.25) is 13.3 Å². The quantitative estimate of drug-likeness (QED) is 0.202. The number of ketones is 1. The molecule has 2 atom stereocenters. The number of ether oxygens (including phenoxy) is 4. The molecule has 0 saturated heterocycles. The lowest BCUT2D eigenvalue weighted by atomic mass is 9.81.